The van der Waals surface area contributed by atoms with Gasteiger partial charge in [0.1, 0.15) is 12.4 Å². The molecule has 1 fully saturated rings. The van der Waals surface area contributed by atoms with E-state index in [2.05, 4.69) is 10.2 Å². The molecule has 0 radical (unpaired) electrons. The Hall–Kier alpha value is -1.75. The van der Waals surface area contributed by atoms with Crippen molar-refractivity contribution in [3.63, 3.8) is 0 Å². The summed E-state index contributed by atoms with van der Waals surface area (Å²) in [6.07, 6.45) is 1.72. The Morgan fingerprint density at radius 3 is 2.48 bits per heavy atom. The first-order valence-corrected chi connectivity index (χ1v) is 10.8. The van der Waals surface area contributed by atoms with Crippen molar-refractivity contribution in [1.29, 1.82) is 0 Å². The number of halogens is 2. The summed E-state index contributed by atoms with van der Waals surface area (Å²) >= 11 is 12.1. The summed E-state index contributed by atoms with van der Waals surface area (Å²) in [6, 6.07) is 13.7. The van der Waals surface area contributed by atoms with Gasteiger partial charge in [0.2, 0.25) is 5.91 Å². The summed E-state index contributed by atoms with van der Waals surface area (Å²) in [4.78, 5) is 14.9. The minimum absolute atomic E-state index is 0.0296. The molecule has 0 bridgehead atoms. The van der Waals surface area contributed by atoms with Gasteiger partial charge in [-0.25, -0.2) is 0 Å². The minimum atomic E-state index is -0.0296. The lowest BCUT2D eigenvalue weighted by molar-refractivity contribution is -0.127. The van der Waals surface area contributed by atoms with Gasteiger partial charge >= 0.3 is 0 Å². The molecule has 156 valence electrons. The topological polar surface area (TPSA) is 41.6 Å². The molecule has 1 amide bonds. The number of benzene rings is 2. The molecule has 0 spiro atoms. The van der Waals surface area contributed by atoms with E-state index in [0.29, 0.717) is 16.7 Å². The molecule has 1 saturated heterocycles. The number of hydrogen-bond acceptors (Lipinski definition) is 3. The zero-order valence-corrected chi connectivity index (χ0v) is 18.5. The van der Waals surface area contributed by atoms with Crippen molar-refractivity contribution in [2.45, 2.75) is 39.3 Å². The summed E-state index contributed by atoms with van der Waals surface area (Å²) in [7, 11) is 0. The molecule has 1 aliphatic heterocycles. The van der Waals surface area contributed by atoms with E-state index in [9.17, 15) is 4.79 Å². The first kappa shape index (κ1) is 21.9. The van der Waals surface area contributed by atoms with Crippen LogP contribution in [0.5, 0.6) is 5.75 Å². The van der Waals surface area contributed by atoms with E-state index >= 15 is 0 Å². The summed E-state index contributed by atoms with van der Waals surface area (Å²) in [5, 5.41) is 4.25. The number of carbonyl (C=O) groups excluding carboxylic acids is 1. The fourth-order valence-electron chi connectivity index (χ4n) is 3.51. The van der Waals surface area contributed by atoms with Gasteiger partial charge in [0.05, 0.1) is 16.1 Å². The molecule has 4 nitrogen and oxygen atoms in total. The number of aryl methyl sites for hydroxylation is 1. The predicted octanol–water partition coefficient (Wildman–Crippen LogP) is 5.10. The fourth-order valence-corrected chi connectivity index (χ4v) is 3.83. The molecule has 3 rings (SSSR count). The van der Waals surface area contributed by atoms with E-state index in [1.54, 1.807) is 0 Å². The van der Waals surface area contributed by atoms with Crippen molar-refractivity contribution in [3.05, 3.63) is 63.6 Å². The molecule has 2 aromatic rings. The smallest absolute Gasteiger partial charge is 0.223 e. The number of amides is 1. The van der Waals surface area contributed by atoms with Crippen molar-refractivity contribution >= 4 is 29.1 Å². The van der Waals surface area contributed by atoms with Crippen LogP contribution in [0.1, 0.15) is 30.9 Å². The second-order valence-electron chi connectivity index (χ2n) is 7.83. The van der Waals surface area contributed by atoms with Crippen LogP contribution in [0.25, 0.3) is 0 Å². The monoisotopic (exact) mass is 434 g/mol. The number of rotatable bonds is 7. The van der Waals surface area contributed by atoms with E-state index in [-0.39, 0.29) is 17.9 Å². The van der Waals surface area contributed by atoms with Crippen molar-refractivity contribution in [2.24, 2.45) is 5.92 Å². The third kappa shape index (κ3) is 6.63. The predicted molar refractivity (Wildman–Crippen MR) is 119 cm³/mol. The van der Waals surface area contributed by atoms with Crippen molar-refractivity contribution < 1.29 is 9.53 Å². The molecule has 1 N–H and O–H groups in total. The lowest BCUT2D eigenvalue weighted by Gasteiger charge is -2.32. The van der Waals surface area contributed by atoms with E-state index in [0.717, 1.165) is 43.8 Å². The second kappa shape index (κ2) is 10.3. The average Bonchev–Trinajstić information content (AvgIpc) is 2.71. The van der Waals surface area contributed by atoms with Gasteiger partial charge in [0.25, 0.3) is 0 Å². The van der Waals surface area contributed by atoms with E-state index in [4.69, 9.17) is 27.9 Å². The lowest BCUT2D eigenvalue weighted by Crippen LogP contribution is -2.44. The van der Waals surface area contributed by atoms with Crippen molar-refractivity contribution in [2.75, 3.05) is 19.7 Å². The summed E-state index contributed by atoms with van der Waals surface area (Å²) in [6.45, 7) is 7.10. The van der Waals surface area contributed by atoms with Crippen LogP contribution in [0.3, 0.4) is 0 Å². The van der Waals surface area contributed by atoms with Gasteiger partial charge in [-0.05, 0) is 69.6 Å². The molecule has 29 heavy (non-hydrogen) atoms. The summed E-state index contributed by atoms with van der Waals surface area (Å²) < 4.78 is 5.77. The normalized spacial score (nSPS) is 16.4. The Balaban J connectivity index is 1.39. The molecule has 1 aliphatic rings. The maximum Gasteiger partial charge on any atom is 0.223 e. The van der Waals surface area contributed by atoms with E-state index in [1.165, 1.54) is 5.56 Å². The summed E-state index contributed by atoms with van der Waals surface area (Å²) in [5.41, 5.74) is 2.34. The van der Waals surface area contributed by atoms with Gasteiger partial charge in [-0.15, -0.1) is 0 Å². The standard InChI is InChI=1S/C23H28Cl2N2O2/c1-16-3-6-20(7-4-16)29-15-17(2)26-23(28)19-9-11-27(12-10-19)14-18-5-8-21(24)22(25)13-18/h3-8,13,17,19H,9-12,14-15H2,1-2H3,(H,26,28). The molecule has 1 atom stereocenters. The van der Waals surface area contributed by atoms with Gasteiger partial charge in [0, 0.05) is 12.5 Å². The number of ether oxygens (including phenoxy) is 1. The number of nitrogens with one attached hydrogen (secondary N) is 1. The molecule has 1 unspecified atom stereocenters. The second-order valence-corrected chi connectivity index (χ2v) is 8.65. The Morgan fingerprint density at radius 2 is 1.83 bits per heavy atom. The largest absolute Gasteiger partial charge is 0.491 e. The third-order valence-electron chi connectivity index (χ3n) is 5.26. The SMILES string of the molecule is Cc1ccc(OCC(C)NC(=O)C2CCN(Cc3ccc(Cl)c(Cl)c3)CC2)cc1. The van der Waals surface area contributed by atoms with Crippen molar-refractivity contribution in [1.82, 2.24) is 10.2 Å². The number of hydrogen-bond donors (Lipinski definition) is 1. The average molecular weight is 435 g/mol. The quantitative estimate of drug-likeness (QED) is 0.658. The number of carbonyl (C=O) groups is 1. The Labute approximate surface area is 183 Å². The van der Waals surface area contributed by atoms with Crippen LogP contribution in [0.2, 0.25) is 10.0 Å². The van der Waals surface area contributed by atoms with Crippen LogP contribution < -0.4 is 10.1 Å². The lowest BCUT2D eigenvalue weighted by atomic mass is 9.95. The van der Waals surface area contributed by atoms with Crippen LogP contribution >= 0.6 is 23.2 Å². The Kier molecular flexibility index (Phi) is 7.82. The molecule has 0 saturated carbocycles. The first-order valence-electron chi connectivity index (χ1n) is 10.1. The number of piperidine rings is 1. The van der Waals surface area contributed by atoms with Crippen molar-refractivity contribution in [3.8, 4) is 5.75 Å². The maximum absolute atomic E-state index is 12.6. The Morgan fingerprint density at radius 1 is 1.14 bits per heavy atom. The van der Waals surface area contributed by atoms with Gasteiger partial charge in [0.15, 0.2) is 0 Å². The highest BCUT2D eigenvalue weighted by Gasteiger charge is 2.26. The zero-order valence-electron chi connectivity index (χ0n) is 17.0. The van der Waals surface area contributed by atoms with Crippen LogP contribution in [-0.2, 0) is 11.3 Å². The summed E-state index contributed by atoms with van der Waals surface area (Å²) in [5.74, 6) is 1.01. The van der Waals surface area contributed by atoms with Gasteiger partial charge in [-0.3, -0.25) is 9.69 Å². The number of nitrogens with zero attached hydrogens (tertiary/aromatic N) is 1. The van der Waals surface area contributed by atoms with Gasteiger partial charge < -0.3 is 10.1 Å². The maximum atomic E-state index is 12.6. The van der Waals surface area contributed by atoms with Gasteiger partial charge in [-0.1, -0.05) is 47.0 Å². The molecule has 1 heterocycles. The molecule has 6 heteroatoms. The van der Waals surface area contributed by atoms with Crippen LogP contribution in [0.4, 0.5) is 0 Å². The minimum Gasteiger partial charge on any atom is -0.491 e. The Bertz CT molecular complexity index is 818. The zero-order chi connectivity index (χ0) is 20.8. The highest BCUT2D eigenvalue weighted by molar-refractivity contribution is 6.42. The first-order chi connectivity index (χ1) is 13.9. The van der Waals surface area contributed by atoms with Gasteiger partial charge in [-0.2, -0.15) is 0 Å². The third-order valence-corrected chi connectivity index (χ3v) is 6.00. The van der Waals surface area contributed by atoms with Crippen LogP contribution in [-0.4, -0.2) is 36.5 Å². The molecule has 0 aromatic heterocycles. The van der Waals surface area contributed by atoms with E-state index in [1.807, 2.05) is 56.3 Å². The highest BCUT2D eigenvalue weighted by atomic mass is 35.5. The fraction of sp³-hybridized carbons (Fsp3) is 0.435. The molecule has 0 aliphatic carbocycles. The van der Waals surface area contributed by atoms with Crippen LogP contribution in [0.15, 0.2) is 42.5 Å². The van der Waals surface area contributed by atoms with E-state index < -0.39 is 0 Å². The molecular weight excluding hydrogens is 407 g/mol. The highest BCUT2D eigenvalue weighted by Crippen LogP contribution is 2.25. The molecular formula is C23H28Cl2N2O2. The number of likely N-dealkylation sites (tertiary alicyclic amines) is 1. The molecule has 2 aromatic carbocycles. The van der Waals surface area contributed by atoms with Crippen LogP contribution in [0, 0.1) is 12.8 Å².